The molecule has 1 aromatic carbocycles. The molecule has 0 amide bonds. The van der Waals surface area contributed by atoms with Crippen molar-refractivity contribution in [3.8, 4) is 17.0 Å². The van der Waals surface area contributed by atoms with Crippen molar-refractivity contribution in [1.82, 2.24) is 19.9 Å². The molecule has 9 heteroatoms. The maximum Gasteiger partial charge on any atom is 0.251 e. The summed E-state index contributed by atoms with van der Waals surface area (Å²) in [5.74, 6) is 0.284. The molecule has 2 fully saturated rings. The first-order chi connectivity index (χ1) is 17.1. The molecular weight excluding hydrogens is 449 g/mol. The van der Waals surface area contributed by atoms with Gasteiger partial charge in [-0.25, -0.2) is 14.4 Å². The first kappa shape index (κ1) is 23.4. The molecule has 2 aromatic heterocycles. The van der Waals surface area contributed by atoms with Crippen molar-refractivity contribution in [3.63, 3.8) is 0 Å². The average molecular weight is 480 g/mol. The molecule has 184 valence electrons. The molecule has 2 aliphatic heterocycles. The summed E-state index contributed by atoms with van der Waals surface area (Å²) in [6.45, 7) is 2.33. The fourth-order valence-electron chi connectivity index (χ4n) is 4.93. The minimum Gasteiger partial charge on any atom is -0.494 e. The smallest absolute Gasteiger partial charge is 0.251 e. The summed E-state index contributed by atoms with van der Waals surface area (Å²) in [6, 6.07) is 10.1. The van der Waals surface area contributed by atoms with E-state index in [9.17, 15) is 9.18 Å². The van der Waals surface area contributed by atoms with Crippen LogP contribution in [0.2, 0.25) is 0 Å². The lowest BCUT2D eigenvalue weighted by molar-refractivity contribution is 0.0903. The normalized spacial score (nSPS) is 19.4. The van der Waals surface area contributed by atoms with Crippen LogP contribution in [-0.2, 0) is 4.74 Å². The molecule has 2 N–H and O–H groups in total. The van der Waals surface area contributed by atoms with Crippen LogP contribution in [0.5, 0.6) is 5.75 Å². The Morgan fingerprint density at radius 1 is 1.20 bits per heavy atom. The van der Waals surface area contributed by atoms with Crippen molar-refractivity contribution < 1.29 is 13.9 Å². The van der Waals surface area contributed by atoms with Crippen LogP contribution in [-0.4, -0.2) is 53.5 Å². The summed E-state index contributed by atoms with van der Waals surface area (Å²) < 4.78 is 26.7. The van der Waals surface area contributed by atoms with Crippen molar-refractivity contribution >= 4 is 5.95 Å². The quantitative estimate of drug-likeness (QED) is 0.537. The van der Waals surface area contributed by atoms with Crippen LogP contribution in [0.4, 0.5) is 10.3 Å². The maximum atomic E-state index is 14.5. The summed E-state index contributed by atoms with van der Waals surface area (Å²) in [5.41, 5.74) is 1.94. The Labute approximate surface area is 203 Å². The second-order valence-electron chi connectivity index (χ2n) is 9.00. The topological polar surface area (TPSA) is 90.3 Å². The van der Waals surface area contributed by atoms with E-state index in [-0.39, 0.29) is 29.4 Å². The summed E-state index contributed by atoms with van der Waals surface area (Å²) in [7, 11) is 1.44. The van der Waals surface area contributed by atoms with Crippen molar-refractivity contribution in [1.29, 1.82) is 0 Å². The molecule has 8 nitrogen and oxygen atoms in total. The Hall–Kier alpha value is -3.30. The van der Waals surface area contributed by atoms with Crippen LogP contribution in [0.1, 0.15) is 37.3 Å². The van der Waals surface area contributed by atoms with E-state index in [1.54, 1.807) is 35.2 Å². The van der Waals surface area contributed by atoms with Crippen molar-refractivity contribution in [2.75, 3.05) is 32.2 Å². The van der Waals surface area contributed by atoms with Gasteiger partial charge < -0.3 is 24.7 Å². The number of benzene rings is 1. The third-order valence-electron chi connectivity index (χ3n) is 6.75. The van der Waals surface area contributed by atoms with E-state index in [0.717, 1.165) is 51.0 Å². The van der Waals surface area contributed by atoms with Crippen LogP contribution >= 0.6 is 0 Å². The predicted octanol–water partition coefficient (Wildman–Crippen LogP) is 3.39. The first-order valence-corrected chi connectivity index (χ1v) is 12.1. The highest BCUT2D eigenvalue weighted by atomic mass is 19.1. The fraction of sp³-hybridized carbons (Fsp3) is 0.423. The maximum absolute atomic E-state index is 14.5. The number of methoxy groups -OCH3 is 1. The number of anilines is 1. The highest BCUT2D eigenvalue weighted by Crippen LogP contribution is 2.30. The summed E-state index contributed by atoms with van der Waals surface area (Å²) in [6.07, 6.45) is 7.20. The van der Waals surface area contributed by atoms with Gasteiger partial charge in [-0.05, 0) is 62.1 Å². The van der Waals surface area contributed by atoms with E-state index in [0.29, 0.717) is 17.2 Å². The minimum absolute atomic E-state index is 0.0284. The zero-order valence-electron chi connectivity index (χ0n) is 19.7. The van der Waals surface area contributed by atoms with Gasteiger partial charge in [0.05, 0.1) is 18.8 Å². The molecule has 2 atom stereocenters. The van der Waals surface area contributed by atoms with Gasteiger partial charge in [0.2, 0.25) is 5.95 Å². The highest BCUT2D eigenvalue weighted by molar-refractivity contribution is 5.59. The molecule has 0 bridgehead atoms. The van der Waals surface area contributed by atoms with Crippen molar-refractivity contribution in [2.24, 2.45) is 0 Å². The van der Waals surface area contributed by atoms with Crippen LogP contribution in [0.15, 0.2) is 53.6 Å². The van der Waals surface area contributed by atoms with E-state index in [2.05, 4.69) is 20.6 Å². The monoisotopic (exact) mass is 479 g/mol. The number of nitrogens with zero attached hydrogens (tertiary/aromatic N) is 3. The van der Waals surface area contributed by atoms with Crippen LogP contribution < -0.4 is 20.9 Å². The summed E-state index contributed by atoms with van der Waals surface area (Å²) in [4.78, 5) is 22.3. The summed E-state index contributed by atoms with van der Waals surface area (Å²) in [5, 5.41) is 6.84. The Bertz CT molecular complexity index is 1220. The van der Waals surface area contributed by atoms with Crippen molar-refractivity contribution in [3.05, 3.63) is 70.5 Å². The predicted molar refractivity (Wildman–Crippen MR) is 131 cm³/mol. The Morgan fingerprint density at radius 3 is 2.77 bits per heavy atom. The molecular formula is C26H30FN5O3. The zero-order valence-corrected chi connectivity index (χ0v) is 19.7. The molecule has 0 saturated carbocycles. The van der Waals surface area contributed by atoms with Crippen LogP contribution in [0.3, 0.4) is 0 Å². The number of halogens is 1. The van der Waals surface area contributed by atoms with E-state index in [1.165, 1.54) is 13.2 Å². The van der Waals surface area contributed by atoms with Crippen LogP contribution in [0.25, 0.3) is 11.3 Å². The number of hydrogen-bond donors (Lipinski definition) is 2. The number of aromatic nitrogens is 3. The van der Waals surface area contributed by atoms with Gasteiger partial charge in [0, 0.05) is 49.3 Å². The third kappa shape index (κ3) is 5.21. The lowest BCUT2D eigenvalue weighted by Crippen LogP contribution is -2.38. The molecule has 2 aliphatic rings. The Morgan fingerprint density at radius 2 is 2.06 bits per heavy atom. The van der Waals surface area contributed by atoms with E-state index >= 15 is 0 Å². The number of hydrogen-bond acceptors (Lipinski definition) is 7. The molecule has 5 rings (SSSR count). The molecule has 0 spiro atoms. The molecule has 2 unspecified atom stereocenters. The van der Waals surface area contributed by atoms with E-state index < -0.39 is 5.82 Å². The van der Waals surface area contributed by atoms with Gasteiger partial charge in [-0.1, -0.05) is 6.07 Å². The molecule has 0 aliphatic carbocycles. The lowest BCUT2D eigenvalue weighted by atomic mass is 9.97. The second-order valence-corrected chi connectivity index (χ2v) is 9.00. The Kier molecular flexibility index (Phi) is 7.06. The van der Waals surface area contributed by atoms with Gasteiger partial charge in [-0.15, -0.1) is 0 Å². The number of pyridine rings is 1. The highest BCUT2D eigenvalue weighted by Gasteiger charge is 2.29. The van der Waals surface area contributed by atoms with Gasteiger partial charge in [0.15, 0.2) is 11.6 Å². The Balaban J connectivity index is 1.44. The zero-order chi connectivity index (χ0) is 24.2. The lowest BCUT2D eigenvalue weighted by Gasteiger charge is -2.27. The van der Waals surface area contributed by atoms with Gasteiger partial charge in [-0.2, -0.15) is 0 Å². The van der Waals surface area contributed by atoms with E-state index in [4.69, 9.17) is 9.47 Å². The number of rotatable bonds is 7. The average Bonchev–Trinajstić information content (AvgIpc) is 3.41. The molecule has 0 radical (unpaired) electrons. The molecule has 3 aromatic rings. The summed E-state index contributed by atoms with van der Waals surface area (Å²) >= 11 is 0. The van der Waals surface area contributed by atoms with Gasteiger partial charge in [0.25, 0.3) is 5.56 Å². The molecule has 2 saturated heterocycles. The van der Waals surface area contributed by atoms with Gasteiger partial charge in [-0.3, -0.25) is 4.79 Å². The number of ether oxygens (including phenoxy) is 2. The largest absolute Gasteiger partial charge is 0.494 e. The van der Waals surface area contributed by atoms with Crippen molar-refractivity contribution in [2.45, 2.75) is 43.8 Å². The molecule has 4 heterocycles. The van der Waals surface area contributed by atoms with Gasteiger partial charge >= 0.3 is 0 Å². The fourth-order valence-corrected chi connectivity index (χ4v) is 4.93. The third-order valence-corrected chi connectivity index (χ3v) is 6.75. The van der Waals surface area contributed by atoms with Gasteiger partial charge in [0.1, 0.15) is 0 Å². The SMILES string of the molecule is COc1ccc(C(C2CCCN2)n2ccc(-c3ccnc(NC4CCOCC4)n3)cc2=O)cc1F. The standard InChI is InChI=1S/C26H30FN5O3/c1-34-23-5-4-18(15-20(23)27)25(22-3-2-10-28-22)32-12-7-17(16-24(32)33)21-6-11-29-26(31-21)30-19-8-13-35-14-9-19/h4-7,11-12,15-16,19,22,25,28H,2-3,8-10,13-14H2,1H3,(H,29,30,31). The molecule has 35 heavy (non-hydrogen) atoms. The van der Waals surface area contributed by atoms with E-state index in [1.807, 2.05) is 12.1 Å². The second kappa shape index (κ2) is 10.5. The first-order valence-electron chi connectivity index (χ1n) is 12.1. The van der Waals surface area contributed by atoms with Crippen LogP contribution in [0, 0.1) is 5.82 Å². The number of nitrogens with one attached hydrogen (secondary N) is 2. The minimum atomic E-state index is -0.441.